The van der Waals surface area contributed by atoms with Crippen molar-refractivity contribution < 1.29 is 14.2 Å². The molecule has 1 aromatic rings. The fourth-order valence-electron chi connectivity index (χ4n) is 4.51. The molecule has 0 aromatic heterocycles. The Morgan fingerprint density at radius 3 is 2.45 bits per heavy atom. The minimum Gasteiger partial charge on any atom is -0.454 e. The van der Waals surface area contributed by atoms with E-state index in [4.69, 9.17) is 19.2 Å². The first kappa shape index (κ1) is 23.7. The summed E-state index contributed by atoms with van der Waals surface area (Å²) in [5.41, 5.74) is 1.20. The third kappa shape index (κ3) is 6.04. The molecule has 0 radical (unpaired) electrons. The highest BCUT2D eigenvalue weighted by atomic mass is 16.7. The highest BCUT2D eigenvalue weighted by molar-refractivity contribution is 5.79. The quantitative estimate of drug-likeness (QED) is 0.462. The second kappa shape index (κ2) is 11.0. The molecule has 0 bridgehead atoms. The van der Waals surface area contributed by atoms with Gasteiger partial charge in [0.15, 0.2) is 17.5 Å². The zero-order valence-electron chi connectivity index (χ0n) is 19.9. The third-order valence-electron chi connectivity index (χ3n) is 6.31. The number of rotatable bonds is 9. The number of nitrogens with one attached hydrogen (secondary N) is 2. The summed E-state index contributed by atoms with van der Waals surface area (Å²) in [5, 5.41) is 6.94. The molecule has 1 fully saturated rings. The molecular formula is C24H40N4O3. The maximum absolute atomic E-state index is 5.69. The molecule has 3 rings (SSSR count). The Morgan fingerprint density at radius 2 is 1.77 bits per heavy atom. The van der Waals surface area contributed by atoms with Crippen molar-refractivity contribution in [3.05, 3.63) is 23.8 Å². The minimum absolute atomic E-state index is 0.0521. The third-order valence-corrected chi connectivity index (χ3v) is 6.31. The molecule has 1 aromatic carbocycles. The SMILES string of the molecule is CCNC(=NCC1(c2ccc3c(c2)OCO3)CCOCC1)NCCN(C(C)C)C(C)C. The lowest BCUT2D eigenvalue weighted by atomic mass is 9.74. The summed E-state index contributed by atoms with van der Waals surface area (Å²) in [6.45, 7) is 16.3. The number of guanidine groups is 1. The molecule has 0 unspecified atom stereocenters. The van der Waals surface area contributed by atoms with E-state index >= 15 is 0 Å². The van der Waals surface area contributed by atoms with Gasteiger partial charge in [-0.1, -0.05) is 6.07 Å². The van der Waals surface area contributed by atoms with Gasteiger partial charge in [-0.15, -0.1) is 0 Å². The number of hydrogen-bond donors (Lipinski definition) is 2. The lowest BCUT2D eigenvalue weighted by molar-refractivity contribution is 0.0530. The molecule has 31 heavy (non-hydrogen) atoms. The first-order valence-electron chi connectivity index (χ1n) is 11.7. The Balaban J connectivity index is 1.71. The van der Waals surface area contributed by atoms with E-state index in [9.17, 15) is 0 Å². The van der Waals surface area contributed by atoms with Crippen LogP contribution in [0.25, 0.3) is 0 Å². The van der Waals surface area contributed by atoms with Crippen LogP contribution in [0.5, 0.6) is 11.5 Å². The van der Waals surface area contributed by atoms with Crippen LogP contribution in [-0.4, -0.2) is 69.1 Å². The summed E-state index contributed by atoms with van der Waals surface area (Å²) in [4.78, 5) is 7.50. The second-order valence-electron chi connectivity index (χ2n) is 9.01. The van der Waals surface area contributed by atoms with Crippen molar-refractivity contribution >= 4 is 5.96 Å². The van der Waals surface area contributed by atoms with E-state index in [-0.39, 0.29) is 5.41 Å². The maximum atomic E-state index is 5.69. The molecule has 2 aliphatic rings. The smallest absolute Gasteiger partial charge is 0.231 e. The topological polar surface area (TPSA) is 67.4 Å². The van der Waals surface area contributed by atoms with Crippen LogP contribution in [0.1, 0.15) is 53.0 Å². The van der Waals surface area contributed by atoms with Gasteiger partial charge in [-0.3, -0.25) is 9.89 Å². The van der Waals surface area contributed by atoms with Crippen LogP contribution in [0.3, 0.4) is 0 Å². The summed E-state index contributed by atoms with van der Waals surface area (Å²) in [5.74, 6) is 2.53. The van der Waals surface area contributed by atoms with Gasteiger partial charge in [0.25, 0.3) is 0 Å². The molecule has 1 saturated heterocycles. The average molecular weight is 433 g/mol. The Morgan fingerprint density at radius 1 is 1.06 bits per heavy atom. The first-order chi connectivity index (χ1) is 14.9. The Kier molecular flexibility index (Phi) is 8.43. The predicted molar refractivity (Wildman–Crippen MR) is 125 cm³/mol. The summed E-state index contributed by atoms with van der Waals surface area (Å²) in [6, 6.07) is 7.37. The van der Waals surface area contributed by atoms with Crippen molar-refractivity contribution in [2.45, 2.75) is 65.0 Å². The monoisotopic (exact) mass is 432 g/mol. The van der Waals surface area contributed by atoms with Crippen LogP contribution in [0, 0.1) is 0 Å². The number of aliphatic imine (C=N–C) groups is 1. The predicted octanol–water partition coefficient (Wildman–Crippen LogP) is 3.14. The van der Waals surface area contributed by atoms with Crippen molar-refractivity contribution in [3.8, 4) is 11.5 Å². The minimum atomic E-state index is -0.0521. The molecule has 2 heterocycles. The van der Waals surface area contributed by atoms with Crippen molar-refractivity contribution in [3.63, 3.8) is 0 Å². The van der Waals surface area contributed by atoms with E-state index in [2.05, 4.69) is 62.3 Å². The lowest BCUT2D eigenvalue weighted by Gasteiger charge is -2.37. The Labute approximate surface area is 187 Å². The molecule has 7 heteroatoms. The molecule has 0 amide bonds. The Hall–Kier alpha value is -1.99. The second-order valence-corrected chi connectivity index (χ2v) is 9.01. The molecule has 174 valence electrons. The molecule has 0 aliphatic carbocycles. The molecule has 0 saturated carbocycles. The largest absolute Gasteiger partial charge is 0.454 e. The summed E-state index contributed by atoms with van der Waals surface area (Å²) in [6.07, 6.45) is 1.90. The van der Waals surface area contributed by atoms with Gasteiger partial charge >= 0.3 is 0 Å². The molecule has 2 aliphatic heterocycles. The van der Waals surface area contributed by atoms with E-state index in [1.165, 1.54) is 5.56 Å². The normalized spacial score (nSPS) is 18.1. The van der Waals surface area contributed by atoms with Gasteiger partial charge in [-0.2, -0.15) is 0 Å². The van der Waals surface area contributed by atoms with Crippen LogP contribution < -0.4 is 20.1 Å². The van der Waals surface area contributed by atoms with Gasteiger partial charge in [0, 0.05) is 50.3 Å². The molecule has 2 N–H and O–H groups in total. The first-order valence-corrected chi connectivity index (χ1v) is 11.7. The highest BCUT2D eigenvalue weighted by Gasteiger charge is 2.35. The maximum Gasteiger partial charge on any atom is 0.231 e. The van der Waals surface area contributed by atoms with E-state index < -0.39 is 0 Å². The van der Waals surface area contributed by atoms with Gasteiger partial charge < -0.3 is 24.8 Å². The van der Waals surface area contributed by atoms with Gasteiger partial charge in [0.1, 0.15) is 0 Å². The number of nitrogens with zero attached hydrogens (tertiary/aromatic N) is 2. The standard InChI is InChI=1S/C24H40N4O3/c1-6-25-23(26-11-12-28(18(2)3)19(4)5)27-16-24(9-13-29-14-10-24)20-7-8-21-22(15-20)31-17-30-21/h7-8,15,18-19H,6,9-14,16-17H2,1-5H3,(H2,25,26,27). The van der Waals surface area contributed by atoms with E-state index in [1.54, 1.807) is 0 Å². The average Bonchev–Trinajstić information content (AvgIpc) is 3.23. The summed E-state index contributed by atoms with van der Waals surface area (Å²) >= 11 is 0. The molecule has 0 spiro atoms. The fourth-order valence-corrected chi connectivity index (χ4v) is 4.51. The van der Waals surface area contributed by atoms with Crippen molar-refractivity contribution in [1.82, 2.24) is 15.5 Å². The molecule has 7 nitrogen and oxygen atoms in total. The summed E-state index contributed by atoms with van der Waals surface area (Å²) < 4.78 is 16.8. The fraction of sp³-hybridized carbons (Fsp3) is 0.708. The van der Waals surface area contributed by atoms with Crippen molar-refractivity contribution in [2.75, 3.05) is 46.2 Å². The van der Waals surface area contributed by atoms with Crippen LogP contribution in [0.2, 0.25) is 0 Å². The van der Waals surface area contributed by atoms with E-state index in [0.717, 1.165) is 63.1 Å². The van der Waals surface area contributed by atoms with Gasteiger partial charge in [-0.05, 0) is 65.2 Å². The molecular weight excluding hydrogens is 392 g/mol. The van der Waals surface area contributed by atoms with Gasteiger partial charge in [-0.25, -0.2) is 0 Å². The lowest BCUT2D eigenvalue weighted by Crippen LogP contribution is -2.46. The number of hydrogen-bond acceptors (Lipinski definition) is 5. The van der Waals surface area contributed by atoms with Crippen molar-refractivity contribution in [1.29, 1.82) is 0 Å². The van der Waals surface area contributed by atoms with Gasteiger partial charge in [0.2, 0.25) is 6.79 Å². The summed E-state index contributed by atoms with van der Waals surface area (Å²) in [7, 11) is 0. The molecule has 0 atom stereocenters. The van der Waals surface area contributed by atoms with Crippen LogP contribution in [-0.2, 0) is 10.2 Å². The van der Waals surface area contributed by atoms with Crippen LogP contribution in [0.4, 0.5) is 0 Å². The van der Waals surface area contributed by atoms with Crippen LogP contribution in [0.15, 0.2) is 23.2 Å². The van der Waals surface area contributed by atoms with Crippen molar-refractivity contribution in [2.24, 2.45) is 4.99 Å². The van der Waals surface area contributed by atoms with E-state index in [1.807, 2.05) is 6.07 Å². The number of fused-ring (bicyclic) bond motifs is 1. The zero-order valence-corrected chi connectivity index (χ0v) is 19.9. The number of ether oxygens (including phenoxy) is 3. The Bertz CT molecular complexity index is 722. The van der Waals surface area contributed by atoms with Crippen LogP contribution >= 0.6 is 0 Å². The zero-order chi connectivity index (χ0) is 22.3. The highest BCUT2D eigenvalue weighted by Crippen LogP contribution is 2.41. The number of benzene rings is 1. The van der Waals surface area contributed by atoms with E-state index in [0.29, 0.717) is 25.4 Å². The van der Waals surface area contributed by atoms with Gasteiger partial charge in [0.05, 0.1) is 6.54 Å².